The second-order valence-electron chi connectivity index (χ2n) is 4.15. The van der Waals surface area contributed by atoms with E-state index < -0.39 is 0 Å². The van der Waals surface area contributed by atoms with Crippen LogP contribution in [0, 0.1) is 0 Å². The molecule has 2 aromatic rings. The quantitative estimate of drug-likeness (QED) is 0.481. The topological polar surface area (TPSA) is 47.0 Å². The van der Waals surface area contributed by atoms with E-state index in [0.717, 1.165) is 34.5 Å². The van der Waals surface area contributed by atoms with Crippen molar-refractivity contribution in [3.8, 4) is 11.4 Å². The van der Waals surface area contributed by atoms with Crippen LogP contribution in [0.3, 0.4) is 0 Å². The highest BCUT2D eigenvalue weighted by molar-refractivity contribution is 7.99. The van der Waals surface area contributed by atoms with E-state index in [-0.39, 0.29) is 0 Å². The molecule has 0 aliphatic carbocycles. The van der Waals surface area contributed by atoms with Crippen LogP contribution >= 0.6 is 11.8 Å². The van der Waals surface area contributed by atoms with Crippen molar-refractivity contribution in [3.63, 3.8) is 0 Å². The second-order valence-corrected chi connectivity index (χ2v) is 5.27. The van der Waals surface area contributed by atoms with Gasteiger partial charge < -0.3 is 10.1 Å². The molecule has 0 fully saturated rings. The zero-order chi connectivity index (χ0) is 14.2. The van der Waals surface area contributed by atoms with Gasteiger partial charge in [-0.15, -0.1) is 11.8 Å². The smallest absolute Gasteiger partial charge is 0.162 e. The van der Waals surface area contributed by atoms with Gasteiger partial charge in [-0.25, -0.2) is 9.97 Å². The molecule has 4 nitrogen and oxygen atoms in total. The standard InChI is InChI=1S/C15H19N3OS/c1-3-16-13-11-14(20-10-9-19-2)18-15(17-13)12-7-5-4-6-8-12/h4-8,11H,3,9-10H2,1-2H3,(H,16,17,18). The molecule has 0 aliphatic rings. The summed E-state index contributed by atoms with van der Waals surface area (Å²) in [5, 5.41) is 4.22. The highest BCUT2D eigenvalue weighted by atomic mass is 32.2. The van der Waals surface area contributed by atoms with Crippen molar-refractivity contribution in [3.05, 3.63) is 36.4 Å². The van der Waals surface area contributed by atoms with E-state index in [2.05, 4.69) is 22.2 Å². The van der Waals surface area contributed by atoms with Crippen LogP contribution in [0.5, 0.6) is 0 Å². The van der Waals surface area contributed by atoms with Crippen molar-refractivity contribution < 1.29 is 4.74 Å². The first-order valence-electron chi connectivity index (χ1n) is 6.63. The Bertz CT molecular complexity index is 534. The summed E-state index contributed by atoms with van der Waals surface area (Å²) in [6.07, 6.45) is 0. The van der Waals surface area contributed by atoms with E-state index in [1.807, 2.05) is 36.4 Å². The summed E-state index contributed by atoms with van der Waals surface area (Å²) in [6.45, 7) is 3.61. The molecule has 1 N–H and O–H groups in total. The summed E-state index contributed by atoms with van der Waals surface area (Å²) in [5.74, 6) is 2.50. The molecule has 0 bridgehead atoms. The molecule has 106 valence electrons. The maximum absolute atomic E-state index is 5.08. The Labute approximate surface area is 124 Å². The SMILES string of the molecule is CCNc1cc(SCCOC)nc(-c2ccccc2)n1. The van der Waals surface area contributed by atoms with E-state index in [1.165, 1.54) is 0 Å². The number of hydrogen-bond acceptors (Lipinski definition) is 5. The molecule has 1 aromatic carbocycles. The minimum absolute atomic E-state index is 0.714. The summed E-state index contributed by atoms with van der Waals surface area (Å²) < 4.78 is 5.08. The lowest BCUT2D eigenvalue weighted by Crippen LogP contribution is -2.03. The van der Waals surface area contributed by atoms with Crippen molar-refractivity contribution in [2.75, 3.05) is 31.3 Å². The Balaban J connectivity index is 2.26. The zero-order valence-electron chi connectivity index (χ0n) is 11.8. The number of methoxy groups -OCH3 is 1. The van der Waals surface area contributed by atoms with Crippen LogP contribution in [0.2, 0.25) is 0 Å². The minimum atomic E-state index is 0.714. The van der Waals surface area contributed by atoms with Crippen LogP contribution in [-0.2, 0) is 4.74 Å². The predicted octanol–water partition coefficient (Wildman–Crippen LogP) is 3.31. The summed E-state index contributed by atoms with van der Waals surface area (Å²) >= 11 is 1.68. The van der Waals surface area contributed by atoms with Gasteiger partial charge in [-0.05, 0) is 6.92 Å². The van der Waals surface area contributed by atoms with Crippen molar-refractivity contribution in [1.29, 1.82) is 0 Å². The van der Waals surface area contributed by atoms with Gasteiger partial charge in [-0.1, -0.05) is 30.3 Å². The number of anilines is 1. The monoisotopic (exact) mass is 289 g/mol. The zero-order valence-corrected chi connectivity index (χ0v) is 12.6. The molecule has 5 heteroatoms. The maximum Gasteiger partial charge on any atom is 0.162 e. The summed E-state index contributed by atoms with van der Waals surface area (Å²) in [5.41, 5.74) is 1.03. The Morgan fingerprint density at radius 1 is 1.20 bits per heavy atom. The van der Waals surface area contributed by atoms with E-state index in [9.17, 15) is 0 Å². The molecule has 1 heterocycles. The normalized spacial score (nSPS) is 10.5. The molecule has 0 radical (unpaired) electrons. The van der Waals surface area contributed by atoms with Crippen LogP contribution in [0.15, 0.2) is 41.4 Å². The van der Waals surface area contributed by atoms with E-state index >= 15 is 0 Å². The number of benzene rings is 1. The molecule has 20 heavy (non-hydrogen) atoms. The number of hydrogen-bond donors (Lipinski definition) is 1. The lowest BCUT2D eigenvalue weighted by molar-refractivity contribution is 0.218. The third-order valence-electron chi connectivity index (χ3n) is 2.63. The van der Waals surface area contributed by atoms with Crippen LogP contribution in [0.25, 0.3) is 11.4 Å². The molecule has 1 aromatic heterocycles. The van der Waals surface area contributed by atoms with E-state index in [0.29, 0.717) is 6.61 Å². The molecular formula is C15H19N3OS. The first kappa shape index (κ1) is 14.8. The van der Waals surface area contributed by atoms with Crippen LogP contribution in [-0.4, -0.2) is 36.0 Å². The number of rotatable bonds is 7. The fourth-order valence-electron chi connectivity index (χ4n) is 1.72. The van der Waals surface area contributed by atoms with Crippen LogP contribution < -0.4 is 5.32 Å². The number of nitrogens with zero attached hydrogens (tertiary/aromatic N) is 2. The fraction of sp³-hybridized carbons (Fsp3) is 0.333. The summed E-state index contributed by atoms with van der Waals surface area (Å²) in [4.78, 5) is 9.17. The highest BCUT2D eigenvalue weighted by Crippen LogP contribution is 2.23. The molecule has 0 saturated carbocycles. The Morgan fingerprint density at radius 2 is 2.00 bits per heavy atom. The van der Waals surface area contributed by atoms with Gasteiger partial charge in [-0.2, -0.15) is 0 Å². The minimum Gasteiger partial charge on any atom is -0.384 e. The molecule has 0 saturated heterocycles. The first-order valence-corrected chi connectivity index (χ1v) is 7.62. The van der Waals surface area contributed by atoms with E-state index in [1.54, 1.807) is 18.9 Å². The predicted molar refractivity (Wildman–Crippen MR) is 84.2 cm³/mol. The molecule has 0 aliphatic heterocycles. The third kappa shape index (κ3) is 4.21. The second kappa shape index (κ2) is 7.87. The largest absolute Gasteiger partial charge is 0.384 e. The van der Waals surface area contributed by atoms with Gasteiger partial charge >= 0.3 is 0 Å². The average molecular weight is 289 g/mol. The number of thioether (sulfide) groups is 1. The first-order chi connectivity index (χ1) is 9.83. The Kier molecular flexibility index (Phi) is 5.83. The van der Waals surface area contributed by atoms with Crippen molar-refractivity contribution in [2.45, 2.75) is 11.9 Å². The molecule has 0 atom stereocenters. The Morgan fingerprint density at radius 3 is 2.70 bits per heavy atom. The van der Waals surface area contributed by atoms with Gasteiger partial charge in [0.15, 0.2) is 5.82 Å². The fourth-order valence-corrected chi connectivity index (χ4v) is 2.52. The lowest BCUT2D eigenvalue weighted by atomic mass is 10.2. The van der Waals surface area contributed by atoms with Gasteiger partial charge in [0.2, 0.25) is 0 Å². The summed E-state index contributed by atoms with van der Waals surface area (Å²) in [6, 6.07) is 12.0. The molecule has 2 rings (SSSR count). The van der Waals surface area contributed by atoms with Crippen molar-refractivity contribution in [2.24, 2.45) is 0 Å². The summed E-state index contributed by atoms with van der Waals surface area (Å²) in [7, 11) is 1.71. The van der Waals surface area contributed by atoms with E-state index in [4.69, 9.17) is 4.74 Å². The van der Waals surface area contributed by atoms with Crippen molar-refractivity contribution in [1.82, 2.24) is 9.97 Å². The van der Waals surface area contributed by atoms with Gasteiger partial charge in [0.1, 0.15) is 10.8 Å². The number of nitrogens with one attached hydrogen (secondary N) is 1. The third-order valence-corrected chi connectivity index (χ3v) is 3.51. The lowest BCUT2D eigenvalue weighted by Gasteiger charge is -2.08. The van der Waals surface area contributed by atoms with Crippen LogP contribution in [0.4, 0.5) is 5.82 Å². The molecule has 0 unspecified atom stereocenters. The average Bonchev–Trinajstić information content (AvgIpc) is 2.49. The highest BCUT2D eigenvalue weighted by Gasteiger charge is 2.06. The molecule has 0 spiro atoms. The maximum atomic E-state index is 5.08. The van der Waals surface area contributed by atoms with Gasteiger partial charge in [0, 0.05) is 31.0 Å². The van der Waals surface area contributed by atoms with Crippen LogP contribution in [0.1, 0.15) is 6.92 Å². The van der Waals surface area contributed by atoms with Gasteiger partial charge in [0.25, 0.3) is 0 Å². The number of aromatic nitrogens is 2. The number of ether oxygens (including phenoxy) is 1. The van der Waals surface area contributed by atoms with Crippen molar-refractivity contribution >= 4 is 17.6 Å². The molecular weight excluding hydrogens is 270 g/mol. The molecule has 0 amide bonds. The van der Waals surface area contributed by atoms with Gasteiger partial charge in [0.05, 0.1) is 6.61 Å². The Hall–Kier alpha value is -1.59. The van der Waals surface area contributed by atoms with Gasteiger partial charge in [-0.3, -0.25) is 0 Å².